The first-order chi connectivity index (χ1) is 8.58. The molecule has 2 N–H and O–H groups in total. The molecule has 0 radical (unpaired) electrons. The Morgan fingerprint density at radius 2 is 2.00 bits per heavy atom. The molecular formula is C11H7Cl2N3O2. The van der Waals surface area contributed by atoms with Gasteiger partial charge < -0.3 is 10.4 Å². The van der Waals surface area contributed by atoms with Gasteiger partial charge in [-0.3, -0.25) is 0 Å². The van der Waals surface area contributed by atoms with Crippen molar-refractivity contribution in [3.8, 4) is 0 Å². The zero-order valence-electron chi connectivity index (χ0n) is 8.89. The van der Waals surface area contributed by atoms with Crippen molar-refractivity contribution < 1.29 is 9.90 Å². The second-order valence-electron chi connectivity index (χ2n) is 3.32. The van der Waals surface area contributed by atoms with Crippen molar-refractivity contribution >= 4 is 40.7 Å². The van der Waals surface area contributed by atoms with Crippen LogP contribution in [0.5, 0.6) is 0 Å². The first kappa shape index (κ1) is 12.6. The number of carboxylic acids is 1. The van der Waals surface area contributed by atoms with Gasteiger partial charge in [0.15, 0.2) is 5.69 Å². The molecule has 7 heteroatoms. The van der Waals surface area contributed by atoms with Gasteiger partial charge in [-0.05, 0) is 12.1 Å². The minimum atomic E-state index is -1.13. The van der Waals surface area contributed by atoms with E-state index in [-0.39, 0.29) is 5.69 Å². The molecule has 0 atom stereocenters. The zero-order valence-corrected chi connectivity index (χ0v) is 10.4. The van der Waals surface area contributed by atoms with Crippen molar-refractivity contribution in [1.29, 1.82) is 0 Å². The first-order valence-electron chi connectivity index (χ1n) is 4.84. The van der Waals surface area contributed by atoms with E-state index in [1.165, 1.54) is 6.20 Å². The Kier molecular flexibility index (Phi) is 3.64. The van der Waals surface area contributed by atoms with E-state index in [1.807, 2.05) is 0 Å². The van der Waals surface area contributed by atoms with Crippen molar-refractivity contribution in [2.24, 2.45) is 0 Å². The van der Waals surface area contributed by atoms with Crippen molar-refractivity contribution in [3.63, 3.8) is 0 Å². The molecule has 92 valence electrons. The molecule has 0 fully saturated rings. The second kappa shape index (κ2) is 5.20. The van der Waals surface area contributed by atoms with E-state index in [0.29, 0.717) is 21.6 Å². The number of nitrogens with one attached hydrogen (secondary N) is 1. The summed E-state index contributed by atoms with van der Waals surface area (Å²) in [6, 6.07) is 5.12. The third kappa shape index (κ3) is 2.69. The van der Waals surface area contributed by atoms with Crippen LogP contribution in [0, 0.1) is 0 Å². The Balaban J connectivity index is 2.24. The molecule has 0 saturated heterocycles. The summed E-state index contributed by atoms with van der Waals surface area (Å²) in [5, 5.41) is 12.4. The largest absolute Gasteiger partial charge is 0.476 e. The number of rotatable bonds is 3. The van der Waals surface area contributed by atoms with Crippen LogP contribution in [0.1, 0.15) is 10.5 Å². The number of carboxylic acid groups (broad SMARTS) is 1. The maximum Gasteiger partial charge on any atom is 0.356 e. The smallest absolute Gasteiger partial charge is 0.356 e. The fourth-order valence-corrected chi connectivity index (χ4v) is 1.59. The minimum absolute atomic E-state index is 0.127. The molecule has 0 amide bonds. The molecule has 0 bridgehead atoms. The third-order valence-electron chi connectivity index (χ3n) is 2.09. The van der Waals surface area contributed by atoms with Crippen LogP contribution in [0.25, 0.3) is 0 Å². The molecule has 18 heavy (non-hydrogen) atoms. The predicted octanol–water partition coefficient (Wildman–Crippen LogP) is 3.23. The standard InChI is InChI=1S/C11H7Cl2N3O2/c12-6-2-1-3-7(10(6)13)16-9-5-14-8(4-15-9)11(17)18/h1-5H,(H,15,16)(H,17,18). The molecule has 0 aliphatic carbocycles. The normalized spacial score (nSPS) is 10.1. The highest BCUT2D eigenvalue weighted by atomic mass is 35.5. The van der Waals surface area contributed by atoms with E-state index in [2.05, 4.69) is 15.3 Å². The van der Waals surface area contributed by atoms with Gasteiger partial charge in [-0.25, -0.2) is 14.8 Å². The Morgan fingerprint density at radius 3 is 2.61 bits per heavy atom. The Bertz CT molecular complexity index is 587. The van der Waals surface area contributed by atoms with Crippen LogP contribution in [-0.2, 0) is 0 Å². The molecule has 0 aliphatic heterocycles. The van der Waals surface area contributed by atoms with Gasteiger partial charge >= 0.3 is 5.97 Å². The van der Waals surface area contributed by atoms with Gasteiger partial charge in [0, 0.05) is 0 Å². The number of benzene rings is 1. The quantitative estimate of drug-likeness (QED) is 0.905. The number of carbonyl (C=O) groups is 1. The molecule has 0 aliphatic rings. The Hall–Kier alpha value is -1.85. The van der Waals surface area contributed by atoms with Crippen LogP contribution in [0.2, 0.25) is 10.0 Å². The SMILES string of the molecule is O=C(O)c1cnc(Nc2cccc(Cl)c2Cl)cn1. The number of anilines is 2. The van der Waals surface area contributed by atoms with E-state index in [1.54, 1.807) is 18.2 Å². The van der Waals surface area contributed by atoms with Crippen LogP contribution in [0.3, 0.4) is 0 Å². The molecule has 0 saturated carbocycles. The average Bonchev–Trinajstić information content (AvgIpc) is 2.36. The van der Waals surface area contributed by atoms with Gasteiger partial charge in [-0.2, -0.15) is 0 Å². The van der Waals surface area contributed by atoms with E-state index in [9.17, 15) is 4.79 Å². The highest BCUT2D eigenvalue weighted by molar-refractivity contribution is 6.43. The molecule has 1 aromatic heterocycles. The molecule has 2 rings (SSSR count). The van der Waals surface area contributed by atoms with Crippen molar-refractivity contribution in [2.45, 2.75) is 0 Å². The maximum absolute atomic E-state index is 10.6. The lowest BCUT2D eigenvalue weighted by Gasteiger charge is -2.07. The van der Waals surface area contributed by atoms with E-state index in [4.69, 9.17) is 28.3 Å². The Labute approximate surface area is 112 Å². The summed E-state index contributed by atoms with van der Waals surface area (Å²) < 4.78 is 0. The molecule has 0 spiro atoms. The predicted molar refractivity (Wildman–Crippen MR) is 68.7 cm³/mol. The van der Waals surface area contributed by atoms with Crippen LogP contribution in [0.15, 0.2) is 30.6 Å². The summed E-state index contributed by atoms with van der Waals surface area (Å²) in [6.45, 7) is 0. The summed E-state index contributed by atoms with van der Waals surface area (Å²) >= 11 is 11.8. The van der Waals surface area contributed by atoms with Crippen molar-refractivity contribution in [2.75, 3.05) is 5.32 Å². The van der Waals surface area contributed by atoms with Gasteiger partial charge in [-0.15, -0.1) is 0 Å². The third-order valence-corrected chi connectivity index (χ3v) is 2.90. The fourth-order valence-electron chi connectivity index (χ4n) is 1.24. The topological polar surface area (TPSA) is 75.1 Å². The van der Waals surface area contributed by atoms with E-state index >= 15 is 0 Å². The molecule has 2 aromatic rings. The first-order valence-corrected chi connectivity index (χ1v) is 5.60. The van der Waals surface area contributed by atoms with Gasteiger partial charge in [0.1, 0.15) is 5.82 Å². The summed E-state index contributed by atoms with van der Waals surface area (Å²) in [6.07, 6.45) is 2.46. The highest BCUT2D eigenvalue weighted by Gasteiger charge is 2.07. The van der Waals surface area contributed by atoms with Gasteiger partial charge in [-0.1, -0.05) is 29.3 Å². The summed E-state index contributed by atoms with van der Waals surface area (Å²) in [7, 11) is 0. The monoisotopic (exact) mass is 283 g/mol. The molecule has 1 aromatic carbocycles. The summed E-state index contributed by atoms with van der Waals surface area (Å²) in [5.74, 6) is -0.751. The van der Waals surface area contributed by atoms with Crippen LogP contribution >= 0.6 is 23.2 Å². The van der Waals surface area contributed by atoms with Gasteiger partial charge in [0.2, 0.25) is 0 Å². The number of hydrogen-bond donors (Lipinski definition) is 2. The minimum Gasteiger partial charge on any atom is -0.476 e. The molecule has 0 unspecified atom stereocenters. The van der Waals surface area contributed by atoms with E-state index < -0.39 is 5.97 Å². The molecule has 1 heterocycles. The van der Waals surface area contributed by atoms with Crippen LogP contribution in [0.4, 0.5) is 11.5 Å². The van der Waals surface area contributed by atoms with Crippen LogP contribution in [-0.4, -0.2) is 21.0 Å². The van der Waals surface area contributed by atoms with E-state index in [0.717, 1.165) is 6.20 Å². The Morgan fingerprint density at radius 1 is 1.22 bits per heavy atom. The lowest BCUT2D eigenvalue weighted by Crippen LogP contribution is -2.02. The zero-order chi connectivity index (χ0) is 13.1. The lowest BCUT2D eigenvalue weighted by molar-refractivity contribution is 0.0690. The lowest BCUT2D eigenvalue weighted by atomic mass is 10.3. The number of aromatic nitrogens is 2. The molecule has 5 nitrogen and oxygen atoms in total. The number of hydrogen-bond acceptors (Lipinski definition) is 4. The number of nitrogens with zero attached hydrogens (tertiary/aromatic N) is 2. The summed E-state index contributed by atoms with van der Waals surface area (Å²) in [5.41, 5.74) is 0.444. The van der Waals surface area contributed by atoms with Crippen molar-refractivity contribution in [1.82, 2.24) is 9.97 Å². The maximum atomic E-state index is 10.6. The molecular weight excluding hydrogens is 277 g/mol. The number of halogens is 2. The average molecular weight is 284 g/mol. The highest BCUT2D eigenvalue weighted by Crippen LogP contribution is 2.30. The van der Waals surface area contributed by atoms with Crippen LogP contribution < -0.4 is 5.32 Å². The fraction of sp³-hybridized carbons (Fsp3) is 0. The number of aromatic carboxylic acids is 1. The van der Waals surface area contributed by atoms with Gasteiger partial charge in [0.25, 0.3) is 0 Å². The van der Waals surface area contributed by atoms with Gasteiger partial charge in [0.05, 0.1) is 28.1 Å². The second-order valence-corrected chi connectivity index (χ2v) is 4.10. The van der Waals surface area contributed by atoms with Crippen molar-refractivity contribution in [3.05, 3.63) is 46.3 Å². The summed E-state index contributed by atoms with van der Waals surface area (Å²) in [4.78, 5) is 18.2.